The third kappa shape index (κ3) is 12.8. The molecule has 0 fully saturated rings. The van der Waals surface area contributed by atoms with Crippen molar-refractivity contribution in [3.05, 3.63) is 237 Å². The summed E-state index contributed by atoms with van der Waals surface area (Å²) in [6.45, 7) is 0.847. The molecular formula is C56H31BF24N2. The Morgan fingerprint density at radius 3 is 0.880 bits per heavy atom. The molecule has 7 aromatic carbocycles. The lowest BCUT2D eigenvalue weighted by molar-refractivity contribution is -0.696. The van der Waals surface area contributed by atoms with Crippen molar-refractivity contribution < 1.29 is 110 Å². The summed E-state index contributed by atoms with van der Waals surface area (Å²) < 4.78 is 343. The van der Waals surface area contributed by atoms with E-state index in [0.717, 1.165) is 6.54 Å². The molecule has 0 amide bonds. The van der Waals surface area contributed by atoms with Gasteiger partial charge in [-0.1, -0.05) is 127 Å². The van der Waals surface area contributed by atoms with Crippen LogP contribution in [0.4, 0.5) is 105 Å². The average molecular weight is 1200 g/mol. The molecule has 27 heteroatoms. The summed E-state index contributed by atoms with van der Waals surface area (Å²) in [5.41, 5.74) is -22.3. The molecule has 0 unspecified atom stereocenters. The van der Waals surface area contributed by atoms with Crippen LogP contribution in [0.1, 0.15) is 72.8 Å². The van der Waals surface area contributed by atoms with Crippen LogP contribution in [0.2, 0.25) is 0 Å². The van der Waals surface area contributed by atoms with Gasteiger partial charge in [-0.25, -0.2) is 0 Å². The van der Waals surface area contributed by atoms with Crippen molar-refractivity contribution in [1.82, 2.24) is 4.98 Å². The Morgan fingerprint density at radius 1 is 0.337 bits per heavy atom. The second-order valence-corrected chi connectivity index (χ2v) is 18.9. The first-order chi connectivity index (χ1) is 38.2. The molecule has 0 aliphatic heterocycles. The van der Waals surface area contributed by atoms with E-state index in [9.17, 15) is 105 Å². The minimum atomic E-state index is -6.13. The predicted molar refractivity (Wildman–Crippen MR) is 253 cm³/mol. The van der Waals surface area contributed by atoms with E-state index in [1.54, 1.807) is 0 Å². The Bertz CT molecular complexity index is 3200. The molecule has 0 N–H and O–H groups in total. The summed E-state index contributed by atoms with van der Waals surface area (Å²) in [4.78, 5) is 4.46. The van der Waals surface area contributed by atoms with Crippen LogP contribution in [-0.4, -0.2) is 11.1 Å². The van der Waals surface area contributed by atoms with Crippen molar-refractivity contribution in [3.8, 4) is 11.1 Å². The quantitative estimate of drug-likeness (QED) is 0.0883. The summed E-state index contributed by atoms with van der Waals surface area (Å²) in [6.07, 6.45) is -48.8. The fraction of sp³-hybridized carbons (Fsp3) is 0.179. The van der Waals surface area contributed by atoms with Crippen LogP contribution in [0, 0.1) is 0 Å². The SMILES string of the molecule is FC(F)(F)c1cc([B-](c2cc(C(F)(F)F)cc(C(F)(F)F)c2)(c2cc(C(F)(F)F)cc(C(F)(F)F)c2)c2cc(C(F)(F)F)cc(C(F)(F)F)c2)cc(C(F)(F)F)c1.c1ccc(C[n+]2ccncc2C2c3ccccc3-c3ccccc32)cc1. The number of nitrogens with zero attached hydrogens (tertiary/aromatic N) is 2. The van der Waals surface area contributed by atoms with Gasteiger partial charge in [-0.2, -0.15) is 132 Å². The Balaban J connectivity index is 0.000000283. The molecule has 0 atom stereocenters. The van der Waals surface area contributed by atoms with Crippen molar-refractivity contribution >= 4 is 28.0 Å². The highest BCUT2D eigenvalue weighted by molar-refractivity contribution is 7.20. The van der Waals surface area contributed by atoms with Crippen LogP contribution in [-0.2, 0) is 56.0 Å². The molecule has 8 aromatic rings. The number of halogens is 24. The average Bonchev–Trinajstić information content (AvgIpc) is 1.25. The number of hydrogen-bond donors (Lipinski definition) is 0. The van der Waals surface area contributed by atoms with Gasteiger partial charge in [-0.3, -0.25) is 4.98 Å². The third-order valence-electron chi connectivity index (χ3n) is 13.6. The Labute approximate surface area is 452 Å². The molecule has 1 heterocycles. The molecule has 436 valence electrons. The predicted octanol–water partition coefficient (Wildman–Crippen LogP) is 15.8. The highest BCUT2D eigenvalue weighted by Gasteiger charge is 2.47. The lowest BCUT2D eigenvalue weighted by Crippen LogP contribution is -2.75. The third-order valence-corrected chi connectivity index (χ3v) is 13.6. The van der Waals surface area contributed by atoms with Gasteiger partial charge in [0.25, 0.3) is 0 Å². The maximum absolute atomic E-state index is 14.2. The summed E-state index contributed by atoms with van der Waals surface area (Å²) in [5, 5.41) is 0. The fourth-order valence-electron chi connectivity index (χ4n) is 10.1. The second kappa shape index (κ2) is 21.3. The number of alkyl halides is 24. The first kappa shape index (κ1) is 61.1. The Hall–Kier alpha value is -8.00. The molecule has 0 saturated carbocycles. The zero-order valence-corrected chi connectivity index (χ0v) is 41.0. The van der Waals surface area contributed by atoms with E-state index in [-0.39, 0.29) is 5.92 Å². The zero-order chi connectivity index (χ0) is 61.3. The van der Waals surface area contributed by atoms with E-state index >= 15 is 0 Å². The second-order valence-electron chi connectivity index (χ2n) is 18.9. The van der Waals surface area contributed by atoms with Gasteiger partial charge in [0.05, 0.1) is 62.8 Å². The molecule has 9 rings (SSSR count). The number of rotatable bonds is 7. The van der Waals surface area contributed by atoms with E-state index in [1.807, 2.05) is 12.4 Å². The lowest BCUT2D eigenvalue weighted by atomic mass is 9.12. The van der Waals surface area contributed by atoms with Crippen LogP contribution in [0.25, 0.3) is 11.1 Å². The highest BCUT2D eigenvalue weighted by Crippen LogP contribution is 2.47. The number of benzene rings is 7. The summed E-state index contributed by atoms with van der Waals surface area (Å²) in [7, 11) is 0. The first-order valence-electron chi connectivity index (χ1n) is 23.6. The van der Waals surface area contributed by atoms with Crippen molar-refractivity contribution in [2.24, 2.45) is 0 Å². The van der Waals surface area contributed by atoms with Crippen LogP contribution in [0.5, 0.6) is 0 Å². The maximum Gasteiger partial charge on any atom is 0.416 e. The number of aromatic nitrogens is 2. The molecule has 83 heavy (non-hydrogen) atoms. The van der Waals surface area contributed by atoms with Crippen molar-refractivity contribution in [2.75, 3.05) is 0 Å². The molecule has 0 radical (unpaired) electrons. The summed E-state index contributed by atoms with van der Waals surface area (Å²) in [6, 6.07) is 19.3. The fourth-order valence-corrected chi connectivity index (χ4v) is 10.1. The Kier molecular flexibility index (Phi) is 15.7. The van der Waals surface area contributed by atoms with Crippen LogP contribution in [0.15, 0.2) is 170 Å². The first-order valence-corrected chi connectivity index (χ1v) is 23.6. The topological polar surface area (TPSA) is 16.8 Å². The smallest absolute Gasteiger partial charge is 0.252 e. The molecule has 0 bridgehead atoms. The lowest BCUT2D eigenvalue weighted by Gasteiger charge is -2.46. The standard InChI is InChI=1S/C32H12BF24.C24H19N2/c34-25(35,36)13-1-14(26(37,38)39)6-21(5-13)33(22-7-15(27(40,41)42)2-16(8-22)28(43,44)45,23-9-17(29(46,47)48)3-18(10-23)30(49,50)51)24-11-19(31(52,53)54)4-20(12-24)32(55,56)57;1-2-8-18(9-3-1)17-26-15-14-25-16-23(26)24-21-12-6-4-10-19(21)20-11-5-7-13-22(20)24/h1-12H;1-16,24H,17H2/q-1;+1. The zero-order valence-electron chi connectivity index (χ0n) is 41.0. The van der Waals surface area contributed by atoms with Crippen molar-refractivity contribution in [2.45, 2.75) is 61.9 Å². The van der Waals surface area contributed by atoms with Gasteiger partial charge in [0, 0.05) is 5.56 Å². The van der Waals surface area contributed by atoms with Gasteiger partial charge < -0.3 is 0 Å². The van der Waals surface area contributed by atoms with Gasteiger partial charge in [-0.15, -0.1) is 0 Å². The molecule has 2 nitrogen and oxygen atoms in total. The van der Waals surface area contributed by atoms with Crippen LogP contribution in [0.3, 0.4) is 0 Å². The largest absolute Gasteiger partial charge is 0.416 e. The van der Waals surface area contributed by atoms with Crippen LogP contribution >= 0.6 is 0 Å². The minimum Gasteiger partial charge on any atom is -0.252 e. The van der Waals surface area contributed by atoms with Crippen LogP contribution < -0.4 is 26.4 Å². The molecule has 1 aliphatic carbocycles. The minimum absolute atomic E-state index is 0.222. The van der Waals surface area contributed by atoms with E-state index in [4.69, 9.17) is 0 Å². The van der Waals surface area contributed by atoms with E-state index in [2.05, 4.69) is 94.6 Å². The molecule has 0 saturated heterocycles. The van der Waals surface area contributed by atoms with Crippen molar-refractivity contribution in [3.63, 3.8) is 0 Å². The highest BCUT2D eigenvalue weighted by atomic mass is 19.4. The van der Waals surface area contributed by atoms with Gasteiger partial charge in [-0.05, 0) is 46.5 Å². The monoisotopic (exact) mass is 1200 g/mol. The van der Waals surface area contributed by atoms with Crippen molar-refractivity contribution in [1.29, 1.82) is 0 Å². The Morgan fingerprint density at radius 2 is 0.602 bits per heavy atom. The normalized spacial score (nSPS) is 13.8. The van der Waals surface area contributed by atoms with E-state index < -0.39 is 195 Å². The number of fused-ring (bicyclic) bond motifs is 3. The molecule has 1 aromatic heterocycles. The summed E-state index contributed by atoms with van der Waals surface area (Å²) >= 11 is 0. The van der Waals surface area contributed by atoms with E-state index in [1.165, 1.54) is 33.5 Å². The molecule has 1 aliphatic rings. The molecular weight excluding hydrogens is 1170 g/mol. The van der Waals surface area contributed by atoms with Gasteiger partial charge in [0.15, 0.2) is 12.7 Å². The van der Waals surface area contributed by atoms with E-state index in [0.29, 0.717) is 0 Å². The van der Waals surface area contributed by atoms with Gasteiger partial charge >= 0.3 is 49.4 Å². The maximum atomic E-state index is 14.2. The van der Waals surface area contributed by atoms with Gasteiger partial charge in [0.2, 0.25) is 5.69 Å². The number of hydrogen-bond acceptors (Lipinski definition) is 1. The van der Waals surface area contributed by atoms with Gasteiger partial charge in [0.1, 0.15) is 6.15 Å². The molecule has 0 spiro atoms. The summed E-state index contributed by atoms with van der Waals surface area (Å²) in [5.74, 6) is 0.222.